The van der Waals surface area contributed by atoms with Crippen molar-refractivity contribution >= 4 is 27.5 Å². The lowest BCUT2D eigenvalue weighted by Gasteiger charge is -2.34. The Bertz CT molecular complexity index is 1470. The number of rotatable bonds is 13. The Morgan fingerprint density at radius 1 is 0.930 bits per heavy atom. The third kappa shape index (κ3) is 9.58. The van der Waals surface area contributed by atoms with Gasteiger partial charge in [-0.3, -0.25) is 13.9 Å². The average molecular weight is 608 g/mol. The molecule has 43 heavy (non-hydrogen) atoms. The number of sulfonamides is 1. The van der Waals surface area contributed by atoms with Gasteiger partial charge in [-0.2, -0.15) is 0 Å². The molecule has 3 aromatic rings. The monoisotopic (exact) mass is 607 g/mol. The molecule has 0 saturated heterocycles. The van der Waals surface area contributed by atoms with Gasteiger partial charge in [0.2, 0.25) is 21.8 Å². The second-order valence-corrected chi connectivity index (χ2v) is 13.9. The van der Waals surface area contributed by atoms with Crippen LogP contribution in [-0.4, -0.2) is 57.1 Å². The number of carbonyl (C=O) groups is 2. The van der Waals surface area contributed by atoms with E-state index in [1.807, 2.05) is 74.5 Å². The van der Waals surface area contributed by atoms with E-state index in [4.69, 9.17) is 4.74 Å². The zero-order chi connectivity index (χ0) is 31.8. The Labute approximate surface area is 257 Å². The van der Waals surface area contributed by atoms with E-state index in [0.717, 1.165) is 33.7 Å². The Morgan fingerprint density at radius 2 is 1.56 bits per heavy atom. The van der Waals surface area contributed by atoms with Crippen molar-refractivity contribution in [3.05, 3.63) is 95.6 Å². The number of methoxy groups -OCH3 is 1. The van der Waals surface area contributed by atoms with E-state index < -0.39 is 28.5 Å². The van der Waals surface area contributed by atoms with Crippen molar-refractivity contribution in [2.45, 2.75) is 71.5 Å². The molecule has 2 atom stereocenters. The van der Waals surface area contributed by atoms with Crippen LogP contribution >= 0.6 is 0 Å². The van der Waals surface area contributed by atoms with Crippen LogP contribution in [0.1, 0.15) is 57.7 Å². The van der Waals surface area contributed by atoms with Crippen LogP contribution in [-0.2, 0) is 38.0 Å². The van der Waals surface area contributed by atoms with Crippen LogP contribution in [0.25, 0.3) is 0 Å². The molecule has 0 aliphatic heterocycles. The first-order valence-corrected chi connectivity index (χ1v) is 16.4. The van der Waals surface area contributed by atoms with E-state index in [9.17, 15) is 18.0 Å². The lowest BCUT2D eigenvalue weighted by molar-refractivity contribution is -0.140. The number of hydrogen-bond donors (Lipinski definition) is 1. The molecule has 9 heteroatoms. The van der Waals surface area contributed by atoms with Crippen molar-refractivity contribution in [2.24, 2.45) is 0 Å². The highest BCUT2D eigenvalue weighted by molar-refractivity contribution is 7.92. The van der Waals surface area contributed by atoms with Crippen molar-refractivity contribution in [3.8, 4) is 5.75 Å². The number of hydrogen-bond acceptors (Lipinski definition) is 5. The Balaban J connectivity index is 2.07. The maximum Gasteiger partial charge on any atom is 0.244 e. The first kappa shape index (κ1) is 33.6. The molecule has 1 N–H and O–H groups in total. The number of nitrogens with one attached hydrogen (secondary N) is 1. The number of amides is 2. The minimum Gasteiger partial charge on any atom is -0.497 e. The molecule has 0 spiro atoms. The fourth-order valence-electron chi connectivity index (χ4n) is 4.70. The molecule has 0 fully saturated rings. The maximum absolute atomic E-state index is 14.3. The first-order chi connectivity index (χ1) is 20.2. The largest absolute Gasteiger partial charge is 0.497 e. The van der Waals surface area contributed by atoms with Crippen molar-refractivity contribution in [1.82, 2.24) is 10.2 Å². The lowest BCUT2D eigenvalue weighted by Crippen LogP contribution is -2.54. The molecule has 0 heterocycles. The molecule has 0 aliphatic carbocycles. The van der Waals surface area contributed by atoms with E-state index in [1.165, 1.54) is 4.90 Å². The average Bonchev–Trinajstić information content (AvgIpc) is 2.97. The van der Waals surface area contributed by atoms with E-state index in [-0.39, 0.29) is 30.3 Å². The second kappa shape index (κ2) is 14.6. The number of anilines is 1. The fraction of sp³-hybridized carbons (Fsp3) is 0.412. The normalized spacial score (nSPS) is 13.1. The molecule has 0 aliphatic rings. The van der Waals surface area contributed by atoms with Crippen LogP contribution in [0, 0.1) is 0 Å². The number of carbonyl (C=O) groups excluding carboxylic acids is 2. The van der Waals surface area contributed by atoms with Crippen LogP contribution in [0.15, 0.2) is 78.9 Å². The fourth-order valence-corrected chi connectivity index (χ4v) is 5.55. The Morgan fingerprint density at radius 3 is 2.12 bits per heavy atom. The Kier molecular flexibility index (Phi) is 11.4. The molecule has 0 aromatic heterocycles. The van der Waals surface area contributed by atoms with Gasteiger partial charge in [0, 0.05) is 19.0 Å². The number of benzene rings is 3. The van der Waals surface area contributed by atoms with Gasteiger partial charge in [-0.1, -0.05) is 82.3 Å². The van der Waals surface area contributed by atoms with Gasteiger partial charge < -0.3 is 15.0 Å². The standard InChI is InChI=1S/C34H45N3O5S/c1-8-25(2)35-33(39)31(22-26-13-10-9-11-14-26)36(23-27-15-12-16-30(21-27)42-6)32(38)24-37(43(7,40)41)29-19-17-28(18-20-29)34(3,4)5/h9-21,25,31H,8,22-24H2,1-7H3,(H,35,39). The van der Waals surface area contributed by atoms with Gasteiger partial charge in [-0.15, -0.1) is 0 Å². The molecule has 0 saturated carbocycles. The summed E-state index contributed by atoms with van der Waals surface area (Å²) in [6, 6.07) is 23.0. The SMILES string of the molecule is CCC(C)NC(=O)C(Cc1ccccc1)N(Cc1cccc(OC)c1)C(=O)CN(c1ccc(C(C)(C)C)cc1)S(C)(=O)=O. The van der Waals surface area contributed by atoms with Crippen LogP contribution in [0.2, 0.25) is 0 Å². The van der Waals surface area contributed by atoms with Crippen LogP contribution < -0.4 is 14.4 Å². The summed E-state index contributed by atoms with van der Waals surface area (Å²) in [7, 11) is -2.28. The summed E-state index contributed by atoms with van der Waals surface area (Å²) in [4.78, 5) is 29.5. The van der Waals surface area contributed by atoms with Gasteiger partial charge in [-0.25, -0.2) is 8.42 Å². The van der Waals surface area contributed by atoms with E-state index in [1.54, 1.807) is 25.3 Å². The van der Waals surface area contributed by atoms with E-state index in [2.05, 4.69) is 26.1 Å². The summed E-state index contributed by atoms with van der Waals surface area (Å²) in [5.41, 5.74) is 2.94. The molecule has 3 rings (SSSR count). The van der Waals surface area contributed by atoms with Gasteiger partial charge in [0.05, 0.1) is 19.1 Å². The van der Waals surface area contributed by atoms with Gasteiger partial charge in [0.25, 0.3) is 0 Å². The zero-order valence-corrected chi connectivity index (χ0v) is 27.1. The van der Waals surface area contributed by atoms with E-state index >= 15 is 0 Å². The Hall–Kier alpha value is -3.85. The second-order valence-electron chi connectivity index (χ2n) is 12.0. The maximum atomic E-state index is 14.3. The smallest absolute Gasteiger partial charge is 0.244 e. The molecule has 8 nitrogen and oxygen atoms in total. The van der Waals surface area contributed by atoms with Crippen LogP contribution in [0.3, 0.4) is 0 Å². The molecular formula is C34H45N3O5S. The minimum absolute atomic E-state index is 0.0853. The molecule has 232 valence electrons. The van der Waals surface area contributed by atoms with E-state index in [0.29, 0.717) is 11.4 Å². The summed E-state index contributed by atoms with van der Waals surface area (Å²) >= 11 is 0. The third-order valence-electron chi connectivity index (χ3n) is 7.46. The van der Waals surface area contributed by atoms with Gasteiger partial charge in [0.1, 0.15) is 18.3 Å². The zero-order valence-electron chi connectivity index (χ0n) is 26.3. The molecular weight excluding hydrogens is 562 g/mol. The van der Waals surface area contributed by atoms with Gasteiger partial charge in [-0.05, 0) is 59.7 Å². The topological polar surface area (TPSA) is 96.0 Å². The van der Waals surface area contributed by atoms with Crippen LogP contribution in [0.5, 0.6) is 5.75 Å². The van der Waals surface area contributed by atoms with Gasteiger partial charge in [0.15, 0.2) is 0 Å². The highest BCUT2D eigenvalue weighted by Crippen LogP contribution is 2.27. The van der Waals surface area contributed by atoms with Crippen molar-refractivity contribution in [2.75, 3.05) is 24.2 Å². The summed E-state index contributed by atoms with van der Waals surface area (Å²) in [5.74, 6) is -0.173. The summed E-state index contributed by atoms with van der Waals surface area (Å²) in [6.45, 7) is 9.75. The third-order valence-corrected chi connectivity index (χ3v) is 8.60. The van der Waals surface area contributed by atoms with Crippen molar-refractivity contribution in [3.63, 3.8) is 0 Å². The molecule has 0 bridgehead atoms. The predicted octanol–water partition coefficient (Wildman–Crippen LogP) is 5.31. The van der Waals surface area contributed by atoms with Crippen LogP contribution in [0.4, 0.5) is 5.69 Å². The predicted molar refractivity (Wildman–Crippen MR) is 173 cm³/mol. The quantitative estimate of drug-likeness (QED) is 0.284. The van der Waals surface area contributed by atoms with Crippen molar-refractivity contribution in [1.29, 1.82) is 0 Å². The molecule has 0 radical (unpaired) electrons. The summed E-state index contributed by atoms with van der Waals surface area (Å²) < 4.78 is 32.6. The lowest BCUT2D eigenvalue weighted by atomic mass is 9.87. The number of ether oxygens (including phenoxy) is 1. The highest BCUT2D eigenvalue weighted by Gasteiger charge is 2.33. The minimum atomic E-state index is -3.84. The summed E-state index contributed by atoms with van der Waals surface area (Å²) in [6.07, 6.45) is 2.07. The number of nitrogens with zero attached hydrogens (tertiary/aromatic N) is 2. The summed E-state index contributed by atoms with van der Waals surface area (Å²) in [5, 5.41) is 3.04. The molecule has 2 unspecified atom stereocenters. The van der Waals surface area contributed by atoms with Gasteiger partial charge >= 0.3 is 0 Å². The molecule has 3 aromatic carbocycles. The highest BCUT2D eigenvalue weighted by atomic mass is 32.2. The van der Waals surface area contributed by atoms with Crippen molar-refractivity contribution < 1.29 is 22.7 Å². The molecule has 2 amide bonds. The first-order valence-electron chi connectivity index (χ1n) is 14.6.